The molecule has 3 rings (SSSR count). The van der Waals surface area contributed by atoms with Crippen LogP contribution in [0.5, 0.6) is 5.75 Å². The lowest BCUT2D eigenvalue weighted by molar-refractivity contribution is -0.0508. The van der Waals surface area contributed by atoms with Crippen molar-refractivity contribution in [2.24, 2.45) is 5.41 Å². The minimum atomic E-state index is -3.65. The number of rotatable bonds is 5. The quantitative estimate of drug-likeness (QED) is 0.842. The van der Waals surface area contributed by atoms with E-state index in [1.54, 1.807) is 16.4 Å². The van der Waals surface area contributed by atoms with Gasteiger partial charge in [-0.15, -0.1) is 0 Å². The monoisotopic (exact) mass is 382 g/mol. The summed E-state index contributed by atoms with van der Waals surface area (Å²) in [5, 5.41) is 10.0. The van der Waals surface area contributed by atoms with E-state index in [2.05, 4.69) is 4.90 Å². The SMILES string of the molecule is CCOc1ccc(C)cc1S(=O)(=O)N1CC[C@@]2(CO)CCCN(C)[C@@H]2C1. The molecule has 7 heteroatoms. The van der Waals surface area contributed by atoms with Gasteiger partial charge in [-0.3, -0.25) is 0 Å². The second-order valence-electron chi connectivity index (χ2n) is 7.62. The number of hydrogen-bond acceptors (Lipinski definition) is 5. The van der Waals surface area contributed by atoms with Gasteiger partial charge in [0.15, 0.2) is 0 Å². The minimum Gasteiger partial charge on any atom is -0.492 e. The summed E-state index contributed by atoms with van der Waals surface area (Å²) < 4.78 is 33.9. The number of hydrogen-bond donors (Lipinski definition) is 1. The fourth-order valence-corrected chi connectivity index (χ4v) is 6.10. The molecule has 6 nitrogen and oxygen atoms in total. The zero-order valence-electron chi connectivity index (χ0n) is 15.9. The molecule has 2 heterocycles. The number of benzene rings is 1. The van der Waals surface area contributed by atoms with Gasteiger partial charge >= 0.3 is 0 Å². The molecule has 0 unspecified atom stereocenters. The number of likely N-dealkylation sites (N-methyl/N-ethyl adjacent to an activating group) is 1. The van der Waals surface area contributed by atoms with Crippen LogP contribution in [0, 0.1) is 12.3 Å². The molecule has 2 saturated heterocycles. The highest BCUT2D eigenvalue weighted by Gasteiger charge is 2.48. The highest BCUT2D eigenvalue weighted by atomic mass is 32.2. The Morgan fingerprint density at radius 2 is 2.08 bits per heavy atom. The normalized spacial score (nSPS) is 27.9. The number of aliphatic hydroxyl groups is 1. The van der Waals surface area contributed by atoms with Crippen LogP contribution in [0.1, 0.15) is 31.7 Å². The van der Waals surface area contributed by atoms with Gasteiger partial charge in [0.25, 0.3) is 0 Å². The summed E-state index contributed by atoms with van der Waals surface area (Å²) in [6.45, 7) is 6.07. The van der Waals surface area contributed by atoms with Crippen LogP contribution in [0.15, 0.2) is 23.1 Å². The van der Waals surface area contributed by atoms with Crippen molar-refractivity contribution in [1.82, 2.24) is 9.21 Å². The van der Waals surface area contributed by atoms with Gasteiger partial charge in [0.1, 0.15) is 10.6 Å². The van der Waals surface area contributed by atoms with Crippen LogP contribution >= 0.6 is 0 Å². The van der Waals surface area contributed by atoms with Gasteiger partial charge in [0.05, 0.1) is 13.2 Å². The van der Waals surface area contributed by atoms with Crippen LogP contribution in [0.4, 0.5) is 0 Å². The van der Waals surface area contributed by atoms with E-state index in [-0.39, 0.29) is 23.0 Å². The first kappa shape index (κ1) is 19.6. The Kier molecular flexibility index (Phi) is 5.63. The van der Waals surface area contributed by atoms with E-state index in [4.69, 9.17) is 4.74 Å². The van der Waals surface area contributed by atoms with E-state index >= 15 is 0 Å². The largest absolute Gasteiger partial charge is 0.492 e. The number of likely N-dealkylation sites (tertiary alicyclic amines) is 1. The van der Waals surface area contributed by atoms with Gasteiger partial charge in [0.2, 0.25) is 10.0 Å². The molecule has 0 bridgehead atoms. The average molecular weight is 383 g/mol. The highest BCUT2D eigenvalue weighted by Crippen LogP contribution is 2.43. The summed E-state index contributed by atoms with van der Waals surface area (Å²) in [5.74, 6) is 0.411. The van der Waals surface area contributed by atoms with Gasteiger partial charge < -0.3 is 14.7 Å². The average Bonchev–Trinajstić information content (AvgIpc) is 2.63. The molecule has 26 heavy (non-hydrogen) atoms. The standard InChI is InChI=1S/C19H30N2O4S/c1-4-25-16-7-6-15(2)12-17(16)26(23,24)21-11-9-19(14-22)8-5-10-20(3)18(19)13-21/h6-7,12,18,22H,4-5,8-11,13-14H2,1-3H3/t18-,19-/m1/s1. The van der Waals surface area contributed by atoms with E-state index in [0.29, 0.717) is 31.9 Å². The summed E-state index contributed by atoms with van der Waals surface area (Å²) in [5.41, 5.74) is 0.706. The topological polar surface area (TPSA) is 70.1 Å². The number of fused-ring (bicyclic) bond motifs is 1. The summed E-state index contributed by atoms with van der Waals surface area (Å²) in [6, 6.07) is 5.34. The maximum atomic E-state index is 13.4. The van der Waals surface area contributed by atoms with Crippen molar-refractivity contribution in [1.29, 1.82) is 0 Å². The maximum absolute atomic E-state index is 13.4. The van der Waals surface area contributed by atoms with Crippen LogP contribution in [0.3, 0.4) is 0 Å². The van der Waals surface area contributed by atoms with E-state index in [1.165, 1.54) is 0 Å². The third kappa shape index (κ3) is 3.38. The molecule has 0 spiro atoms. The predicted octanol–water partition coefficient (Wildman–Crippen LogP) is 1.86. The Bertz CT molecular complexity index is 752. The first-order valence-electron chi connectivity index (χ1n) is 9.39. The van der Waals surface area contributed by atoms with Crippen molar-refractivity contribution in [3.05, 3.63) is 23.8 Å². The summed E-state index contributed by atoms with van der Waals surface area (Å²) in [7, 11) is -1.62. The molecule has 0 aliphatic carbocycles. The molecule has 1 aromatic carbocycles. The molecule has 2 fully saturated rings. The molecular weight excluding hydrogens is 352 g/mol. The van der Waals surface area contributed by atoms with Gasteiger partial charge in [-0.25, -0.2) is 8.42 Å². The lowest BCUT2D eigenvalue weighted by atomic mass is 9.69. The second-order valence-corrected chi connectivity index (χ2v) is 9.52. The van der Waals surface area contributed by atoms with Crippen molar-refractivity contribution in [3.63, 3.8) is 0 Å². The molecule has 1 aromatic rings. The molecule has 0 amide bonds. The van der Waals surface area contributed by atoms with Crippen molar-refractivity contribution >= 4 is 10.0 Å². The summed E-state index contributed by atoms with van der Waals surface area (Å²) in [4.78, 5) is 2.45. The minimum absolute atomic E-state index is 0.0464. The Morgan fingerprint density at radius 1 is 1.31 bits per heavy atom. The van der Waals surface area contributed by atoms with Crippen molar-refractivity contribution in [2.45, 2.75) is 44.0 Å². The zero-order chi connectivity index (χ0) is 18.9. The van der Waals surface area contributed by atoms with Crippen molar-refractivity contribution in [2.75, 3.05) is 39.9 Å². The lowest BCUT2D eigenvalue weighted by Gasteiger charge is -2.53. The summed E-state index contributed by atoms with van der Waals surface area (Å²) >= 11 is 0. The smallest absolute Gasteiger partial charge is 0.246 e. The van der Waals surface area contributed by atoms with Gasteiger partial charge in [-0.1, -0.05) is 6.07 Å². The Balaban J connectivity index is 1.93. The molecule has 0 radical (unpaired) electrons. The number of piperidine rings is 2. The molecule has 2 atom stereocenters. The number of sulfonamides is 1. The van der Waals surface area contributed by atoms with E-state index < -0.39 is 10.0 Å². The Hall–Kier alpha value is -1.15. The van der Waals surface area contributed by atoms with Crippen LogP contribution in [0.25, 0.3) is 0 Å². The zero-order valence-corrected chi connectivity index (χ0v) is 16.8. The molecule has 0 aromatic heterocycles. The summed E-state index contributed by atoms with van der Waals surface area (Å²) in [6.07, 6.45) is 2.70. The fourth-order valence-electron chi connectivity index (χ4n) is 4.44. The number of aryl methyl sites for hydroxylation is 1. The molecule has 2 aliphatic heterocycles. The van der Waals surface area contributed by atoms with Crippen LogP contribution in [-0.2, 0) is 10.0 Å². The molecule has 146 valence electrons. The predicted molar refractivity (Wildman–Crippen MR) is 101 cm³/mol. The molecular formula is C19H30N2O4S. The van der Waals surface area contributed by atoms with Crippen LogP contribution < -0.4 is 4.74 Å². The molecule has 2 aliphatic rings. The highest BCUT2D eigenvalue weighted by molar-refractivity contribution is 7.89. The number of aliphatic hydroxyl groups excluding tert-OH is 1. The number of nitrogens with zero attached hydrogens (tertiary/aromatic N) is 2. The van der Waals surface area contributed by atoms with Crippen molar-refractivity contribution in [3.8, 4) is 5.75 Å². The Labute approximate surface area is 156 Å². The first-order valence-corrected chi connectivity index (χ1v) is 10.8. The van der Waals surface area contributed by atoms with E-state index in [1.807, 2.05) is 27.0 Å². The van der Waals surface area contributed by atoms with E-state index in [9.17, 15) is 13.5 Å². The van der Waals surface area contributed by atoms with Gasteiger partial charge in [0, 0.05) is 24.5 Å². The van der Waals surface area contributed by atoms with Crippen molar-refractivity contribution < 1.29 is 18.3 Å². The third-order valence-electron chi connectivity index (χ3n) is 5.99. The second kappa shape index (κ2) is 7.46. The maximum Gasteiger partial charge on any atom is 0.246 e. The first-order chi connectivity index (χ1) is 12.3. The van der Waals surface area contributed by atoms with E-state index in [0.717, 1.165) is 24.9 Å². The number of ether oxygens (including phenoxy) is 1. The lowest BCUT2D eigenvalue weighted by Crippen LogP contribution is -2.62. The van der Waals surface area contributed by atoms with Crippen LogP contribution in [0.2, 0.25) is 0 Å². The Morgan fingerprint density at radius 3 is 2.77 bits per heavy atom. The van der Waals surface area contributed by atoms with Gasteiger partial charge in [-0.05, 0) is 64.4 Å². The molecule has 1 N–H and O–H groups in total. The molecule has 0 saturated carbocycles. The van der Waals surface area contributed by atoms with Crippen LogP contribution in [-0.4, -0.2) is 68.7 Å². The third-order valence-corrected chi connectivity index (χ3v) is 7.88. The van der Waals surface area contributed by atoms with Gasteiger partial charge in [-0.2, -0.15) is 4.31 Å². The fraction of sp³-hybridized carbons (Fsp3) is 0.684.